The number of sulfonamides is 1. The molecule has 0 aliphatic heterocycles. The Bertz CT molecular complexity index is 597. The molecule has 18 heavy (non-hydrogen) atoms. The Balaban J connectivity index is 3.23. The summed E-state index contributed by atoms with van der Waals surface area (Å²) in [5.41, 5.74) is -6.14. The lowest BCUT2D eigenvalue weighted by atomic mass is 10.2. The third kappa shape index (κ3) is 3.19. The molecule has 0 aliphatic carbocycles. The smallest absolute Gasteiger partial charge is 0.518 e. The lowest BCUT2D eigenvalue weighted by Crippen LogP contribution is -2.27. The molecule has 0 spiro atoms. The van der Waals surface area contributed by atoms with E-state index in [4.69, 9.17) is 0 Å². The normalized spacial score (nSPS) is 13.7. The Hall–Kier alpha value is -1.16. The quantitative estimate of drug-likeness (QED) is 0.462. The summed E-state index contributed by atoms with van der Waals surface area (Å²) < 4.78 is 71.7. The molecule has 10 heteroatoms. The van der Waals surface area contributed by atoms with E-state index in [2.05, 4.69) is 20.3 Å². The number of benzene rings is 1. The second kappa shape index (κ2) is 4.84. The molecule has 0 atom stereocenters. The SMILES string of the molecule is O=S(=O)(/N=C(\[O-])c1ccc(F)c(Br)c1)C(F)(F)F. The van der Waals surface area contributed by atoms with Gasteiger partial charge in [-0.15, -0.1) is 0 Å². The van der Waals surface area contributed by atoms with Gasteiger partial charge < -0.3 is 5.11 Å². The van der Waals surface area contributed by atoms with Gasteiger partial charge in [0.05, 0.1) is 4.47 Å². The molecule has 1 rings (SSSR count). The Morgan fingerprint density at radius 3 is 2.33 bits per heavy atom. The largest absolute Gasteiger partial charge is 0.858 e. The van der Waals surface area contributed by atoms with E-state index < -0.39 is 32.8 Å². The van der Waals surface area contributed by atoms with E-state index in [1.165, 1.54) is 0 Å². The fourth-order valence-electron chi connectivity index (χ4n) is 0.843. The van der Waals surface area contributed by atoms with Crippen molar-refractivity contribution in [2.45, 2.75) is 5.51 Å². The standard InChI is InChI=1S/C8H4BrF4NO3S/c9-5-3-4(1-2-6(5)10)7(15)14-18(16,17)8(11,12)13/h1-3H,(H,14,15)/p-1. The Morgan fingerprint density at radius 2 is 1.89 bits per heavy atom. The number of hydrogen-bond donors (Lipinski definition) is 0. The van der Waals surface area contributed by atoms with Crippen LogP contribution in [0.2, 0.25) is 0 Å². The summed E-state index contributed by atoms with van der Waals surface area (Å²) in [4.78, 5) is 0. The van der Waals surface area contributed by atoms with Gasteiger partial charge in [-0.3, -0.25) is 0 Å². The summed E-state index contributed by atoms with van der Waals surface area (Å²) in [6, 6.07) is 2.43. The zero-order chi connectivity index (χ0) is 14.1. The highest BCUT2D eigenvalue weighted by Gasteiger charge is 2.45. The summed E-state index contributed by atoms with van der Waals surface area (Å²) in [6.45, 7) is 0. The van der Waals surface area contributed by atoms with Crippen molar-refractivity contribution in [3.8, 4) is 0 Å². The Morgan fingerprint density at radius 1 is 1.33 bits per heavy atom. The number of nitrogens with zero attached hydrogens (tertiary/aromatic N) is 1. The molecule has 4 nitrogen and oxygen atoms in total. The van der Waals surface area contributed by atoms with Crippen LogP contribution in [0.25, 0.3) is 0 Å². The van der Waals surface area contributed by atoms with Gasteiger partial charge in [-0.1, -0.05) is 6.07 Å². The van der Waals surface area contributed by atoms with Crippen molar-refractivity contribution in [3.63, 3.8) is 0 Å². The molecule has 0 unspecified atom stereocenters. The predicted octanol–water partition coefficient (Wildman–Crippen LogP) is 1.54. The number of halogens is 5. The van der Waals surface area contributed by atoms with Crippen molar-refractivity contribution in [2.75, 3.05) is 0 Å². The van der Waals surface area contributed by atoms with Crippen LogP contribution in [0.5, 0.6) is 0 Å². The Kier molecular flexibility index (Phi) is 4.01. The fourth-order valence-corrected chi connectivity index (χ4v) is 1.65. The van der Waals surface area contributed by atoms with Gasteiger partial charge in [0, 0.05) is 5.90 Å². The van der Waals surface area contributed by atoms with Gasteiger partial charge >= 0.3 is 15.5 Å². The van der Waals surface area contributed by atoms with Crippen molar-refractivity contribution < 1.29 is 31.1 Å². The molecule has 0 aliphatic rings. The van der Waals surface area contributed by atoms with Gasteiger partial charge in [0.1, 0.15) is 5.82 Å². The van der Waals surface area contributed by atoms with Crippen LogP contribution in [0.4, 0.5) is 17.6 Å². The third-order valence-corrected chi connectivity index (χ3v) is 3.26. The molecule has 0 saturated heterocycles. The average Bonchev–Trinajstić information content (AvgIpc) is 2.19. The second-order valence-corrected chi connectivity index (χ2v) is 5.40. The molecule has 0 aromatic heterocycles. The van der Waals surface area contributed by atoms with Gasteiger partial charge in [0.15, 0.2) is 0 Å². The van der Waals surface area contributed by atoms with Crippen molar-refractivity contribution in [1.29, 1.82) is 0 Å². The summed E-state index contributed by atoms with van der Waals surface area (Å²) in [5, 5.41) is 11.2. The van der Waals surface area contributed by atoms with Crippen LogP contribution < -0.4 is 5.11 Å². The van der Waals surface area contributed by atoms with Crippen molar-refractivity contribution in [1.82, 2.24) is 0 Å². The molecule has 0 bridgehead atoms. The van der Waals surface area contributed by atoms with Crippen LogP contribution >= 0.6 is 15.9 Å². The highest BCUT2D eigenvalue weighted by molar-refractivity contribution is 9.10. The molecule has 0 amide bonds. The molecule has 0 saturated carbocycles. The third-order valence-electron chi connectivity index (χ3n) is 1.66. The molecular formula is C8H3BrF4NO3S-. The minimum atomic E-state index is -5.90. The lowest BCUT2D eigenvalue weighted by molar-refractivity contribution is -0.212. The molecular weight excluding hydrogens is 346 g/mol. The molecule has 100 valence electrons. The topological polar surface area (TPSA) is 69.6 Å². The van der Waals surface area contributed by atoms with E-state index >= 15 is 0 Å². The monoisotopic (exact) mass is 348 g/mol. The van der Waals surface area contributed by atoms with Crippen molar-refractivity contribution in [2.24, 2.45) is 4.40 Å². The van der Waals surface area contributed by atoms with Crippen molar-refractivity contribution in [3.05, 3.63) is 34.1 Å². The summed E-state index contributed by atoms with van der Waals surface area (Å²) in [5.74, 6) is -2.39. The molecule has 0 fully saturated rings. The molecule has 0 N–H and O–H groups in total. The molecule has 1 aromatic carbocycles. The fraction of sp³-hybridized carbons (Fsp3) is 0.125. The maximum atomic E-state index is 12.8. The van der Waals surface area contributed by atoms with Crippen LogP contribution in [0.1, 0.15) is 5.56 Å². The van der Waals surface area contributed by atoms with Crippen LogP contribution in [-0.4, -0.2) is 19.8 Å². The first kappa shape index (κ1) is 14.9. The first-order valence-electron chi connectivity index (χ1n) is 4.08. The van der Waals surface area contributed by atoms with E-state index in [9.17, 15) is 31.1 Å². The summed E-state index contributed by atoms with van der Waals surface area (Å²) >= 11 is 2.69. The number of alkyl halides is 3. The lowest BCUT2D eigenvalue weighted by Gasteiger charge is -2.12. The molecule has 0 heterocycles. The number of rotatable bonds is 2. The maximum Gasteiger partial charge on any atom is 0.518 e. The minimum absolute atomic E-state index is 0.201. The van der Waals surface area contributed by atoms with Crippen LogP contribution in [0, 0.1) is 5.82 Å². The van der Waals surface area contributed by atoms with Gasteiger partial charge in [-0.25, -0.2) is 4.39 Å². The van der Waals surface area contributed by atoms with Gasteiger partial charge in [0.25, 0.3) is 0 Å². The first-order valence-corrected chi connectivity index (χ1v) is 6.31. The van der Waals surface area contributed by atoms with Crippen molar-refractivity contribution >= 4 is 31.9 Å². The van der Waals surface area contributed by atoms with E-state index in [-0.39, 0.29) is 4.47 Å². The highest BCUT2D eigenvalue weighted by Crippen LogP contribution is 2.25. The second-order valence-electron chi connectivity index (χ2n) is 2.95. The minimum Gasteiger partial charge on any atom is -0.858 e. The van der Waals surface area contributed by atoms with E-state index in [0.29, 0.717) is 0 Å². The Labute approximate surface area is 107 Å². The average molecular weight is 349 g/mol. The van der Waals surface area contributed by atoms with Gasteiger partial charge in [0.2, 0.25) is 0 Å². The van der Waals surface area contributed by atoms with E-state index in [1.807, 2.05) is 0 Å². The molecule has 1 aromatic rings. The zero-order valence-corrected chi connectivity index (χ0v) is 10.6. The van der Waals surface area contributed by atoms with Crippen LogP contribution in [0.3, 0.4) is 0 Å². The van der Waals surface area contributed by atoms with Gasteiger partial charge in [-0.2, -0.15) is 26.0 Å². The summed E-state index contributed by atoms with van der Waals surface area (Å²) in [6.07, 6.45) is 0. The zero-order valence-electron chi connectivity index (χ0n) is 8.20. The van der Waals surface area contributed by atoms with E-state index in [1.54, 1.807) is 0 Å². The molecule has 0 radical (unpaired) electrons. The van der Waals surface area contributed by atoms with Crippen LogP contribution in [0.15, 0.2) is 27.1 Å². The number of hydrogen-bond acceptors (Lipinski definition) is 3. The van der Waals surface area contributed by atoms with E-state index in [0.717, 1.165) is 18.2 Å². The highest BCUT2D eigenvalue weighted by atomic mass is 79.9. The maximum absolute atomic E-state index is 12.8. The predicted molar refractivity (Wildman–Crippen MR) is 55.6 cm³/mol. The van der Waals surface area contributed by atoms with Crippen LogP contribution in [-0.2, 0) is 10.0 Å². The van der Waals surface area contributed by atoms with Gasteiger partial charge in [-0.05, 0) is 33.6 Å². The first-order chi connectivity index (χ1) is 8.04. The summed E-state index contributed by atoms with van der Waals surface area (Å²) in [7, 11) is -5.90.